The van der Waals surface area contributed by atoms with E-state index in [0.717, 1.165) is 0 Å². The molecule has 4 heterocycles. The number of nitrogens with zero attached hydrogens (tertiary/aromatic N) is 5. The molecule has 3 atom stereocenters. The lowest BCUT2D eigenvalue weighted by Gasteiger charge is -2.37. The zero-order valence-corrected chi connectivity index (χ0v) is 24.6. The molecule has 0 bridgehead atoms. The predicted octanol–water partition coefficient (Wildman–Crippen LogP) is 6.03. The molecule has 0 spiro atoms. The first-order chi connectivity index (χ1) is 18.5. The van der Waals surface area contributed by atoms with Crippen LogP contribution in [0.4, 0.5) is 4.39 Å². The van der Waals surface area contributed by atoms with Crippen molar-refractivity contribution in [3.05, 3.63) is 91.0 Å². The van der Waals surface area contributed by atoms with Crippen LogP contribution in [0, 0.1) is 5.82 Å². The summed E-state index contributed by atoms with van der Waals surface area (Å²) in [7, 11) is 0. The molecule has 1 fully saturated rings. The minimum absolute atomic E-state index is 0.0252. The highest BCUT2D eigenvalue weighted by Gasteiger charge is 2.60. The van der Waals surface area contributed by atoms with Crippen LogP contribution in [0.3, 0.4) is 0 Å². The minimum Gasteiger partial charge on any atom is -0.479 e. The number of rotatable bonds is 6. The Bertz CT molecular complexity index is 1500. The number of amides is 1. The van der Waals surface area contributed by atoms with Crippen molar-refractivity contribution in [2.45, 2.75) is 56.5 Å². The topological polar surface area (TPSA) is 109 Å². The highest BCUT2D eigenvalue weighted by atomic mass is 79.9. The van der Waals surface area contributed by atoms with E-state index in [4.69, 9.17) is 0 Å². The van der Waals surface area contributed by atoms with Crippen LogP contribution < -0.4 is 0 Å². The number of carboxylic acids is 1. The summed E-state index contributed by atoms with van der Waals surface area (Å²) in [6, 6.07) is 1.97. The van der Waals surface area contributed by atoms with Crippen molar-refractivity contribution in [3.63, 3.8) is 0 Å². The van der Waals surface area contributed by atoms with Crippen LogP contribution in [0.25, 0.3) is 0 Å². The van der Waals surface area contributed by atoms with Crippen molar-refractivity contribution in [1.82, 2.24) is 24.8 Å². The molecular weight excluding hydrogens is 605 g/mol. The molecule has 5 rings (SSSR count). The number of carbonyl (C=O) groups excluding carboxylic acids is 1. The number of halogens is 2. The molecule has 1 aliphatic heterocycles. The molecule has 202 valence electrons. The number of hydrogen-bond acceptors (Lipinski definition) is 8. The Kier molecular flexibility index (Phi) is 7.38. The van der Waals surface area contributed by atoms with Gasteiger partial charge >= 0.3 is 5.97 Å². The molecule has 1 saturated heterocycles. The van der Waals surface area contributed by atoms with Crippen molar-refractivity contribution in [3.8, 4) is 0 Å². The van der Waals surface area contributed by atoms with Gasteiger partial charge < -0.3 is 10.0 Å². The third-order valence-corrected chi connectivity index (χ3v) is 9.15. The molecule has 0 radical (unpaired) electrons. The fraction of sp³-hybridized carbons (Fsp3) is 0.333. The fourth-order valence-electron chi connectivity index (χ4n) is 5.24. The zero-order chi connectivity index (χ0) is 27.9. The molecule has 3 aromatic heterocycles. The first kappa shape index (κ1) is 27.5. The van der Waals surface area contributed by atoms with Gasteiger partial charge in [-0.2, -0.15) is 0 Å². The monoisotopic (exact) mass is 629 g/mol. The van der Waals surface area contributed by atoms with Crippen LogP contribution in [0.5, 0.6) is 0 Å². The highest BCUT2D eigenvalue weighted by molar-refractivity contribution is 9.10. The molecule has 12 heteroatoms. The van der Waals surface area contributed by atoms with Crippen LogP contribution in [-0.4, -0.2) is 47.4 Å². The maximum atomic E-state index is 15.7. The number of hydrogen-bond donors (Lipinski definition) is 1. The summed E-state index contributed by atoms with van der Waals surface area (Å²) in [4.78, 5) is 46.4. The Hall–Kier alpha value is -3.09. The van der Waals surface area contributed by atoms with Gasteiger partial charge in [-0.1, -0.05) is 36.7 Å². The number of likely N-dealkylation sites (tertiary alicyclic amines) is 1. The maximum absolute atomic E-state index is 15.7. The van der Waals surface area contributed by atoms with Crippen LogP contribution in [0.1, 0.15) is 71.5 Å². The van der Waals surface area contributed by atoms with Gasteiger partial charge in [0.25, 0.3) is 5.91 Å². The molecule has 1 amide bonds. The van der Waals surface area contributed by atoms with Crippen LogP contribution in [0.15, 0.2) is 57.7 Å². The van der Waals surface area contributed by atoms with Crippen LogP contribution in [-0.2, 0) is 16.6 Å². The van der Waals surface area contributed by atoms with Crippen molar-refractivity contribution in [2.24, 2.45) is 0 Å². The van der Waals surface area contributed by atoms with Gasteiger partial charge in [-0.15, -0.1) is 22.7 Å². The Morgan fingerprint density at radius 1 is 1.21 bits per heavy atom. The van der Waals surface area contributed by atoms with Gasteiger partial charge in [-0.05, 0) is 29.5 Å². The smallest absolute Gasteiger partial charge is 0.330 e. The van der Waals surface area contributed by atoms with Gasteiger partial charge in [-0.25, -0.2) is 19.2 Å². The van der Waals surface area contributed by atoms with E-state index >= 15 is 4.39 Å². The van der Waals surface area contributed by atoms with Crippen LogP contribution >= 0.6 is 38.6 Å². The highest BCUT2D eigenvalue weighted by Crippen LogP contribution is 2.53. The van der Waals surface area contributed by atoms with Gasteiger partial charge in [0.2, 0.25) is 0 Å². The van der Waals surface area contributed by atoms with Gasteiger partial charge in [0, 0.05) is 52.4 Å². The molecule has 0 aliphatic carbocycles. The van der Waals surface area contributed by atoms with E-state index in [2.05, 4.69) is 35.9 Å². The van der Waals surface area contributed by atoms with Crippen molar-refractivity contribution < 1.29 is 19.1 Å². The first-order valence-corrected chi connectivity index (χ1v) is 14.7. The lowest BCUT2D eigenvalue weighted by molar-refractivity contribution is -0.149. The Morgan fingerprint density at radius 3 is 2.59 bits per heavy atom. The van der Waals surface area contributed by atoms with E-state index in [1.165, 1.54) is 52.1 Å². The summed E-state index contributed by atoms with van der Waals surface area (Å²) in [6.07, 6.45) is 6.21. The molecule has 1 N–H and O–H groups in total. The SMILES string of the molecule is CC(C)(C)c1cc(F)c(C(=O)N2[C@@H](c3nccs3)[C@@H](c3cnccn3)C[C@@]2(Cc2cscn2)C(=O)O)cc1Br. The van der Waals surface area contributed by atoms with Crippen molar-refractivity contribution in [2.75, 3.05) is 0 Å². The molecule has 1 aliphatic rings. The number of thiazole rings is 2. The van der Waals surface area contributed by atoms with Crippen molar-refractivity contribution in [1.29, 1.82) is 0 Å². The lowest BCUT2D eigenvalue weighted by atomic mass is 9.85. The normalized spacial score (nSPS) is 21.3. The third kappa shape index (κ3) is 5.01. The average Bonchev–Trinajstić information content (AvgIpc) is 3.65. The number of aliphatic carboxylic acids is 1. The molecule has 0 unspecified atom stereocenters. The van der Waals surface area contributed by atoms with Gasteiger partial charge in [0.1, 0.15) is 16.4 Å². The summed E-state index contributed by atoms with van der Waals surface area (Å²) in [6.45, 7) is 5.84. The van der Waals surface area contributed by atoms with Gasteiger partial charge in [-0.3, -0.25) is 14.8 Å². The minimum atomic E-state index is -1.74. The number of carbonyl (C=O) groups is 2. The van der Waals surface area contributed by atoms with E-state index < -0.39 is 35.2 Å². The molecule has 4 aromatic rings. The van der Waals surface area contributed by atoms with E-state index in [1.54, 1.807) is 28.7 Å². The van der Waals surface area contributed by atoms with E-state index in [0.29, 0.717) is 26.4 Å². The second kappa shape index (κ2) is 10.5. The van der Waals surface area contributed by atoms with E-state index in [-0.39, 0.29) is 23.8 Å². The zero-order valence-electron chi connectivity index (χ0n) is 21.3. The third-order valence-electron chi connectivity index (χ3n) is 7.01. The molecular formula is C27H25BrFN5O3S2. The van der Waals surface area contributed by atoms with E-state index in [1.807, 2.05) is 20.8 Å². The quantitative estimate of drug-likeness (QED) is 0.277. The maximum Gasteiger partial charge on any atom is 0.330 e. The van der Waals surface area contributed by atoms with Gasteiger partial charge in [0.05, 0.1) is 28.5 Å². The predicted molar refractivity (Wildman–Crippen MR) is 149 cm³/mol. The molecule has 1 aromatic carbocycles. The fourth-order valence-corrected chi connectivity index (χ4v) is 7.52. The molecule has 39 heavy (non-hydrogen) atoms. The van der Waals surface area contributed by atoms with E-state index in [9.17, 15) is 14.7 Å². The second-order valence-corrected chi connectivity index (χ2v) is 13.0. The lowest BCUT2D eigenvalue weighted by Crippen LogP contribution is -2.55. The molecule has 0 saturated carbocycles. The second-order valence-electron chi connectivity index (χ2n) is 10.5. The number of benzene rings is 1. The molecule has 8 nitrogen and oxygen atoms in total. The summed E-state index contributed by atoms with van der Waals surface area (Å²) < 4.78 is 16.3. The van der Waals surface area contributed by atoms with Gasteiger partial charge in [0.15, 0.2) is 0 Å². The summed E-state index contributed by atoms with van der Waals surface area (Å²) in [5.74, 6) is -3.22. The Morgan fingerprint density at radius 2 is 2.00 bits per heavy atom. The van der Waals surface area contributed by atoms with Crippen LogP contribution in [0.2, 0.25) is 0 Å². The Labute approximate surface area is 241 Å². The summed E-state index contributed by atoms with van der Waals surface area (Å²) in [5.41, 5.74) is 1.02. The summed E-state index contributed by atoms with van der Waals surface area (Å²) >= 11 is 6.15. The first-order valence-electron chi connectivity index (χ1n) is 12.1. The Balaban J connectivity index is 1.73. The number of aromatic nitrogens is 4. The van der Waals surface area contributed by atoms with Crippen molar-refractivity contribution >= 4 is 50.5 Å². The standard InChI is InChI=1S/C27H25BrFN5O3S2/c1-26(2,3)18-9-20(29)16(8-19(18)28)24(35)34-22(23-32-6-7-39-23)17(21-12-30-4-5-31-21)11-27(34,25(36)37)10-15-13-38-14-33-15/h4-9,12-14,17,22H,10-11H2,1-3H3,(H,36,37)/t17-,22-,27+/m1/s1. The average molecular weight is 631 g/mol. The summed E-state index contributed by atoms with van der Waals surface area (Å²) in [5, 5.41) is 14.9. The number of carboxylic acid groups (broad SMARTS) is 1. The largest absolute Gasteiger partial charge is 0.479 e.